The maximum absolute atomic E-state index is 14.6. The third kappa shape index (κ3) is 15.8. The maximum atomic E-state index is 14.6. The van der Waals surface area contributed by atoms with Gasteiger partial charge in [-0.25, -0.2) is 9.78 Å². The molecule has 0 spiro atoms. The molecule has 4 rings (SSSR count). The molecule has 0 aliphatic heterocycles. The quantitative estimate of drug-likeness (QED) is 0.0300. The van der Waals surface area contributed by atoms with Crippen LogP contribution in [-0.4, -0.2) is 64.0 Å². The van der Waals surface area contributed by atoms with Crippen LogP contribution < -0.4 is 21.7 Å². The van der Waals surface area contributed by atoms with Crippen molar-refractivity contribution < 1.29 is 52.8 Å². The Bertz CT molecular complexity index is 2110. The third-order valence-corrected chi connectivity index (χ3v) is 12.3. The minimum atomic E-state index is -4.01. The van der Waals surface area contributed by atoms with Crippen LogP contribution in [0.2, 0.25) is 0 Å². The van der Waals surface area contributed by atoms with Crippen LogP contribution >= 0.6 is 7.60 Å². The van der Waals surface area contributed by atoms with Gasteiger partial charge in [-0.05, 0) is 107 Å². The molecular formula is C48H69N4O11P. The SMILES string of the molecule is CC(C)(C)OOP(=O)(Cc1ccc(C[C@@H](C(=O)NC2(C(=O)N[C@@H](CC(N)=O)C(=O)NCCCc3cccc4ccccc34)CCCCC2)C(C(=O)O)C(C)(C)C)cc1)OOC(C)(C)C. The Balaban J connectivity index is 1.53. The molecule has 4 amide bonds. The summed E-state index contributed by atoms with van der Waals surface area (Å²) in [6, 6.07) is 19.6. The fraction of sp³-hybridized carbons (Fsp3) is 0.562. The van der Waals surface area contributed by atoms with Crippen molar-refractivity contribution in [1.82, 2.24) is 16.0 Å². The number of nitrogens with one attached hydrogen (secondary N) is 3. The molecular weight excluding hydrogens is 840 g/mol. The second kappa shape index (κ2) is 22.0. The molecule has 0 saturated heterocycles. The number of nitrogens with two attached hydrogens (primary N) is 1. The predicted octanol–water partition coefficient (Wildman–Crippen LogP) is 7.86. The lowest BCUT2D eigenvalue weighted by Gasteiger charge is -2.40. The molecule has 1 unspecified atom stereocenters. The predicted molar refractivity (Wildman–Crippen MR) is 244 cm³/mol. The Hall–Kier alpha value is -4.66. The van der Waals surface area contributed by atoms with Crippen LogP contribution in [0.3, 0.4) is 0 Å². The van der Waals surface area contributed by atoms with Crippen LogP contribution in [0.15, 0.2) is 66.7 Å². The van der Waals surface area contributed by atoms with Crippen molar-refractivity contribution in [3.63, 3.8) is 0 Å². The number of fused-ring (bicyclic) bond motifs is 1. The van der Waals surface area contributed by atoms with Gasteiger partial charge in [0.25, 0.3) is 0 Å². The molecule has 1 fully saturated rings. The highest BCUT2D eigenvalue weighted by molar-refractivity contribution is 7.52. The van der Waals surface area contributed by atoms with E-state index < -0.39 is 83.6 Å². The summed E-state index contributed by atoms with van der Waals surface area (Å²) in [5, 5.41) is 21.4. The molecule has 15 nitrogen and oxygen atoms in total. The average Bonchev–Trinajstić information content (AvgIpc) is 3.20. The van der Waals surface area contributed by atoms with E-state index in [1.165, 1.54) is 0 Å². The molecule has 1 aliphatic rings. The van der Waals surface area contributed by atoms with Crippen LogP contribution in [-0.2, 0) is 66.7 Å². The molecule has 0 heterocycles. The first-order chi connectivity index (χ1) is 29.8. The van der Waals surface area contributed by atoms with Crippen molar-refractivity contribution in [2.24, 2.45) is 23.0 Å². The zero-order valence-electron chi connectivity index (χ0n) is 38.9. The van der Waals surface area contributed by atoms with Crippen molar-refractivity contribution in [1.29, 1.82) is 0 Å². The number of amides is 4. The summed E-state index contributed by atoms with van der Waals surface area (Å²) >= 11 is 0. The zero-order chi connectivity index (χ0) is 47.5. The standard InChI is InChI=1S/C48H69N4O11P/c1-45(2,3)40(43(56)57)37(29-32-22-24-33(25-23-32)31-64(59,62-60-46(4,5)6)63-61-47(7,8)9)41(54)52-48(26-13-10-14-27-48)44(58)51-38(30-39(49)53)42(55)50-28-16-20-35-19-15-18-34-17-11-12-21-36(34)35/h11-12,15,17-19,21-25,37-38,40H,10,13-14,16,20,26-31H2,1-9H3,(H2,49,53)(H,50,55)(H,51,58)(H,52,54)(H,56,57)/t37-,38+,40?/m1/s1. The summed E-state index contributed by atoms with van der Waals surface area (Å²) < 4.78 is 24.5. The van der Waals surface area contributed by atoms with Crippen molar-refractivity contribution in [2.75, 3.05) is 6.54 Å². The van der Waals surface area contributed by atoms with Crippen molar-refractivity contribution in [3.8, 4) is 0 Å². The van der Waals surface area contributed by atoms with Crippen LogP contribution in [0.25, 0.3) is 10.8 Å². The van der Waals surface area contributed by atoms with Gasteiger partial charge in [-0.15, -0.1) is 9.35 Å². The second-order valence-electron chi connectivity index (χ2n) is 20.0. The molecule has 1 saturated carbocycles. The van der Waals surface area contributed by atoms with Crippen LogP contribution in [0.4, 0.5) is 0 Å². The van der Waals surface area contributed by atoms with Gasteiger partial charge in [-0.2, -0.15) is 0 Å². The normalized spacial score (nSPS) is 16.0. The number of primary amides is 1. The lowest BCUT2D eigenvalue weighted by atomic mass is 9.70. The molecule has 3 aromatic carbocycles. The first kappa shape index (κ1) is 52.0. The number of carboxylic acid groups (broad SMARTS) is 1. The topological polar surface area (TPSA) is 222 Å². The van der Waals surface area contributed by atoms with E-state index in [-0.39, 0.29) is 32.0 Å². The molecule has 1 aliphatic carbocycles. The second-order valence-corrected chi connectivity index (χ2v) is 21.8. The number of hydrogen-bond acceptors (Lipinski definition) is 10. The molecule has 0 aromatic heterocycles. The number of rotatable bonds is 21. The monoisotopic (exact) mass is 908 g/mol. The fourth-order valence-corrected chi connectivity index (χ4v) is 9.35. The highest BCUT2D eigenvalue weighted by Crippen LogP contribution is 2.53. The van der Waals surface area contributed by atoms with Gasteiger partial charge in [0, 0.05) is 6.54 Å². The van der Waals surface area contributed by atoms with E-state index in [4.69, 9.17) is 24.9 Å². The molecule has 3 aromatic rings. The molecule has 16 heteroatoms. The summed E-state index contributed by atoms with van der Waals surface area (Å²) in [5.41, 5.74) is 3.85. The van der Waals surface area contributed by atoms with Gasteiger partial charge < -0.3 is 26.8 Å². The highest BCUT2D eigenvalue weighted by Gasteiger charge is 2.47. The molecule has 352 valence electrons. The van der Waals surface area contributed by atoms with E-state index in [9.17, 15) is 33.6 Å². The lowest BCUT2D eigenvalue weighted by Crippen LogP contribution is -2.64. The highest BCUT2D eigenvalue weighted by atomic mass is 31.2. The molecule has 0 bridgehead atoms. The summed E-state index contributed by atoms with van der Waals surface area (Å²) in [4.78, 5) is 78.5. The molecule has 0 radical (unpaired) electrons. The number of carbonyl (C=O) groups excluding carboxylic acids is 4. The van der Waals surface area contributed by atoms with Crippen LogP contribution in [0, 0.1) is 17.3 Å². The van der Waals surface area contributed by atoms with E-state index in [2.05, 4.69) is 22.0 Å². The smallest absolute Gasteiger partial charge is 0.388 e. The molecule has 64 heavy (non-hydrogen) atoms. The van der Waals surface area contributed by atoms with Gasteiger partial charge in [-0.3, -0.25) is 28.5 Å². The summed E-state index contributed by atoms with van der Waals surface area (Å²) in [5.74, 6) is -6.19. The summed E-state index contributed by atoms with van der Waals surface area (Å²) in [7, 11) is -4.01. The van der Waals surface area contributed by atoms with Gasteiger partial charge >= 0.3 is 13.6 Å². The van der Waals surface area contributed by atoms with Crippen molar-refractivity contribution in [3.05, 3.63) is 83.4 Å². The Labute approximate surface area is 377 Å². The van der Waals surface area contributed by atoms with Gasteiger partial charge in [0.2, 0.25) is 23.6 Å². The number of benzene rings is 3. The number of hydrogen-bond donors (Lipinski definition) is 5. The van der Waals surface area contributed by atoms with Crippen molar-refractivity contribution in [2.45, 2.75) is 149 Å². The Morgan fingerprint density at radius 3 is 1.92 bits per heavy atom. The van der Waals surface area contributed by atoms with Gasteiger partial charge in [-0.1, -0.05) is 107 Å². The first-order valence-electron chi connectivity index (χ1n) is 22.1. The van der Waals surface area contributed by atoms with Gasteiger partial charge in [0.15, 0.2) is 0 Å². The van der Waals surface area contributed by atoms with E-state index in [1.807, 2.05) is 36.4 Å². The van der Waals surface area contributed by atoms with E-state index in [0.29, 0.717) is 36.8 Å². The van der Waals surface area contributed by atoms with E-state index in [1.54, 1.807) is 86.6 Å². The Morgan fingerprint density at radius 1 is 0.781 bits per heavy atom. The molecule has 6 N–H and O–H groups in total. The number of aliphatic carboxylic acids is 1. The number of carbonyl (C=O) groups is 5. The number of aryl methyl sites for hydroxylation is 1. The zero-order valence-corrected chi connectivity index (χ0v) is 39.8. The number of carboxylic acids is 1. The van der Waals surface area contributed by atoms with Crippen LogP contribution in [0.5, 0.6) is 0 Å². The van der Waals surface area contributed by atoms with Crippen LogP contribution in [0.1, 0.15) is 124 Å². The largest absolute Gasteiger partial charge is 0.481 e. The van der Waals surface area contributed by atoms with Gasteiger partial charge in [0.05, 0.1) is 35.6 Å². The fourth-order valence-electron chi connectivity index (χ4n) is 7.89. The first-order valence-corrected chi connectivity index (χ1v) is 23.8. The minimum absolute atomic E-state index is 0.0194. The Kier molecular flexibility index (Phi) is 17.9. The summed E-state index contributed by atoms with van der Waals surface area (Å²) in [6.45, 7) is 15.9. The van der Waals surface area contributed by atoms with E-state index in [0.717, 1.165) is 22.8 Å². The third-order valence-electron chi connectivity index (χ3n) is 10.9. The lowest BCUT2D eigenvalue weighted by molar-refractivity contribution is -0.326. The average molecular weight is 909 g/mol. The minimum Gasteiger partial charge on any atom is -0.481 e. The summed E-state index contributed by atoms with van der Waals surface area (Å²) in [6.07, 6.45) is 3.02. The van der Waals surface area contributed by atoms with E-state index >= 15 is 0 Å². The van der Waals surface area contributed by atoms with Crippen molar-refractivity contribution >= 4 is 48.0 Å². The van der Waals surface area contributed by atoms with Gasteiger partial charge in [0.1, 0.15) is 11.6 Å². The Morgan fingerprint density at radius 2 is 1.36 bits per heavy atom. The molecule has 3 atom stereocenters. The maximum Gasteiger partial charge on any atom is 0.388 e.